The Hall–Kier alpha value is -4.11. The van der Waals surface area contributed by atoms with Crippen molar-refractivity contribution in [2.45, 2.75) is 12.1 Å². The molecule has 3 atom stereocenters. The van der Waals surface area contributed by atoms with Crippen LogP contribution in [-0.2, 0) is 14.4 Å². The molecule has 2 heterocycles. The molecular formula is C23H16FN3O5. The Morgan fingerprint density at radius 2 is 1.59 bits per heavy atom. The molecular weight excluding hydrogens is 417 g/mol. The van der Waals surface area contributed by atoms with Crippen molar-refractivity contribution in [3.8, 4) is 0 Å². The van der Waals surface area contributed by atoms with Crippen LogP contribution in [0.5, 0.6) is 0 Å². The molecule has 0 aliphatic carbocycles. The number of nitrogens with zero attached hydrogens (tertiary/aromatic N) is 3. The molecule has 2 amide bonds. The van der Waals surface area contributed by atoms with E-state index in [9.17, 15) is 24.1 Å². The number of fused-ring (bicyclic) bond motifs is 1. The number of imide groups is 1. The zero-order valence-electron chi connectivity index (χ0n) is 16.5. The number of nitro groups is 1. The normalized spacial score (nSPS) is 22.3. The average Bonchev–Trinajstić information content (AvgIpc) is 3.31. The summed E-state index contributed by atoms with van der Waals surface area (Å²) in [7, 11) is 0. The fraction of sp³-hybridized carbons (Fsp3) is 0.130. The predicted molar refractivity (Wildman–Crippen MR) is 112 cm³/mol. The molecule has 2 fully saturated rings. The SMILES string of the molecule is O=C1[C@H]2[C@@H](c3ccccc3)N(c3cccc([N+](=O)[O-])c3)O[C@H]2C(=O)N1c1ccc(F)cc1. The van der Waals surface area contributed by atoms with Crippen LogP contribution in [0.1, 0.15) is 11.6 Å². The van der Waals surface area contributed by atoms with Crippen molar-refractivity contribution in [2.75, 3.05) is 9.96 Å². The Balaban J connectivity index is 1.58. The van der Waals surface area contributed by atoms with Gasteiger partial charge >= 0.3 is 0 Å². The van der Waals surface area contributed by atoms with E-state index < -0.39 is 40.6 Å². The molecule has 0 spiro atoms. The summed E-state index contributed by atoms with van der Waals surface area (Å²) in [5.74, 6) is -2.41. The van der Waals surface area contributed by atoms with E-state index in [1.807, 2.05) is 6.07 Å². The zero-order chi connectivity index (χ0) is 22.4. The summed E-state index contributed by atoms with van der Waals surface area (Å²) in [6, 6.07) is 19.2. The van der Waals surface area contributed by atoms with E-state index in [2.05, 4.69) is 0 Å². The van der Waals surface area contributed by atoms with E-state index in [0.29, 0.717) is 11.3 Å². The van der Waals surface area contributed by atoms with E-state index in [-0.39, 0.29) is 11.4 Å². The molecule has 5 rings (SSSR count). The standard InChI is InChI=1S/C23H16FN3O5/c24-15-9-11-16(12-10-15)25-22(28)19-20(14-5-2-1-3-6-14)26(32-21(19)23(25)29)17-7-4-8-18(13-17)27(30)31/h1-13,19-21H/t19-,20+,21+/m0/s1. The van der Waals surface area contributed by atoms with Crippen LogP contribution in [0.2, 0.25) is 0 Å². The maximum atomic E-state index is 13.4. The van der Waals surface area contributed by atoms with Crippen LogP contribution in [0.4, 0.5) is 21.5 Å². The highest BCUT2D eigenvalue weighted by molar-refractivity contribution is 6.23. The van der Waals surface area contributed by atoms with Crippen molar-refractivity contribution in [1.82, 2.24) is 0 Å². The second kappa shape index (κ2) is 7.54. The van der Waals surface area contributed by atoms with Crippen LogP contribution < -0.4 is 9.96 Å². The number of anilines is 2. The van der Waals surface area contributed by atoms with Crippen LogP contribution in [0, 0.1) is 21.8 Å². The molecule has 0 saturated carbocycles. The molecule has 3 aromatic carbocycles. The molecule has 9 heteroatoms. The van der Waals surface area contributed by atoms with Gasteiger partial charge in [-0.15, -0.1) is 0 Å². The Morgan fingerprint density at radius 3 is 2.28 bits per heavy atom. The van der Waals surface area contributed by atoms with Gasteiger partial charge in [0.25, 0.3) is 11.6 Å². The first-order chi connectivity index (χ1) is 15.5. The van der Waals surface area contributed by atoms with Gasteiger partial charge in [-0.1, -0.05) is 36.4 Å². The number of rotatable bonds is 4. The van der Waals surface area contributed by atoms with Gasteiger partial charge in [0.1, 0.15) is 11.7 Å². The monoisotopic (exact) mass is 433 g/mol. The molecule has 0 bridgehead atoms. The zero-order valence-corrected chi connectivity index (χ0v) is 16.5. The second-order valence-corrected chi connectivity index (χ2v) is 7.50. The summed E-state index contributed by atoms with van der Waals surface area (Å²) in [6.07, 6.45) is -1.11. The molecule has 8 nitrogen and oxygen atoms in total. The van der Waals surface area contributed by atoms with E-state index in [1.165, 1.54) is 47.5 Å². The average molecular weight is 433 g/mol. The van der Waals surface area contributed by atoms with Crippen LogP contribution in [0.25, 0.3) is 0 Å². The predicted octanol–water partition coefficient (Wildman–Crippen LogP) is 3.79. The van der Waals surface area contributed by atoms with Crippen molar-refractivity contribution >= 4 is 28.9 Å². The molecule has 2 saturated heterocycles. The lowest BCUT2D eigenvalue weighted by Crippen LogP contribution is -2.37. The molecule has 0 radical (unpaired) electrons. The van der Waals surface area contributed by atoms with E-state index >= 15 is 0 Å². The lowest BCUT2D eigenvalue weighted by atomic mass is 9.90. The summed E-state index contributed by atoms with van der Waals surface area (Å²) >= 11 is 0. The molecule has 2 aliphatic heterocycles. The Bertz CT molecular complexity index is 1220. The number of hydroxylamine groups is 1. The highest BCUT2D eigenvalue weighted by Crippen LogP contribution is 2.47. The van der Waals surface area contributed by atoms with Crippen molar-refractivity contribution < 1.29 is 23.7 Å². The first kappa shape index (κ1) is 19.8. The topological polar surface area (TPSA) is 93.0 Å². The van der Waals surface area contributed by atoms with Crippen molar-refractivity contribution in [3.63, 3.8) is 0 Å². The smallest absolute Gasteiger partial charge is 0.271 e. The lowest BCUT2D eigenvalue weighted by molar-refractivity contribution is -0.384. The molecule has 0 unspecified atom stereocenters. The van der Waals surface area contributed by atoms with E-state index in [0.717, 1.165) is 4.90 Å². The van der Waals surface area contributed by atoms with Gasteiger partial charge in [-0.2, -0.15) is 0 Å². The van der Waals surface area contributed by atoms with Gasteiger partial charge in [-0.25, -0.2) is 14.4 Å². The van der Waals surface area contributed by atoms with Crippen molar-refractivity contribution in [1.29, 1.82) is 0 Å². The number of nitro benzene ring substituents is 1. The first-order valence-electron chi connectivity index (χ1n) is 9.84. The quantitative estimate of drug-likeness (QED) is 0.353. The third-order valence-electron chi connectivity index (χ3n) is 5.64. The third-order valence-corrected chi connectivity index (χ3v) is 5.64. The number of hydrogen-bond donors (Lipinski definition) is 0. The number of hydrogen-bond acceptors (Lipinski definition) is 6. The van der Waals surface area contributed by atoms with Gasteiger partial charge in [0.2, 0.25) is 5.91 Å². The summed E-state index contributed by atoms with van der Waals surface area (Å²) in [4.78, 5) is 44.3. The third kappa shape index (κ3) is 3.10. The summed E-state index contributed by atoms with van der Waals surface area (Å²) in [5.41, 5.74) is 1.19. The molecule has 2 aliphatic rings. The van der Waals surface area contributed by atoms with Crippen molar-refractivity contribution in [2.24, 2.45) is 5.92 Å². The van der Waals surface area contributed by atoms with E-state index in [1.54, 1.807) is 30.3 Å². The van der Waals surface area contributed by atoms with Crippen LogP contribution >= 0.6 is 0 Å². The van der Waals surface area contributed by atoms with Crippen LogP contribution in [0.3, 0.4) is 0 Å². The Kier molecular flexibility index (Phi) is 4.67. The Morgan fingerprint density at radius 1 is 0.875 bits per heavy atom. The minimum absolute atomic E-state index is 0.138. The van der Waals surface area contributed by atoms with Gasteiger partial charge in [0, 0.05) is 12.1 Å². The minimum Gasteiger partial charge on any atom is -0.273 e. The summed E-state index contributed by atoms with van der Waals surface area (Å²) in [6.45, 7) is 0. The number of halogens is 1. The van der Waals surface area contributed by atoms with Gasteiger partial charge in [-0.05, 0) is 35.9 Å². The van der Waals surface area contributed by atoms with Crippen molar-refractivity contribution in [3.05, 3.63) is 100 Å². The fourth-order valence-electron chi connectivity index (χ4n) is 4.22. The molecule has 0 N–H and O–H groups in total. The summed E-state index contributed by atoms with van der Waals surface area (Å²) in [5, 5.41) is 12.6. The largest absolute Gasteiger partial charge is 0.273 e. The fourth-order valence-corrected chi connectivity index (χ4v) is 4.22. The maximum Gasteiger partial charge on any atom is 0.271 e. The number of carbonyl (C=O) groups excluding carboxylic acids is 2. The molecule has 3 aromatic rings. The number of amides is 2. The van der Waals surface area contributed by atoms with Gasteiger partial charge < -0.3 is 0 Å². The minimum atomic E-state index is -1.11. The molecule has 32 heavy (non-hydrogen) atoms. The van der Waals surface area contributed by atoms with E-state index in [4.69, 9.17) is 4.84 Å². The highest BCUT2D eigenvalue weighted by atomic mass is 19.1. The van der Waals surface area contributed by atoms with Gasteiger partial charge in [0.15, 0.2) is 6.10 Å². The maximum absolute atomic E-state index is 13.4. The van der Waals surface area contributed by atoms with Gasteiger partial charge in [-0.3, -0.25) is 24.5 Å². The second-order valence-electron chi connectivity index (χ2n) is 7.50. The summed E-state index contributed by atoms with van der Waals surface area (Å²) < 4.78 is 13.3. The van der Waals surface area contributed by atoms with Crippen LogP contribution in [-0.4, -0.2) is 22.8 Å². The number of benzene rings is 3. The lowest BCUT2D eigenvalue weighted by Gasteiger charge is -2.28. The van der Waals surface area contributed by atoms with Crippen LogP contribution in [0.15, 0.2) is 78.9 Å². The Labute approximate surface area is 181 Å². The first-order valence-corrected chi connectivity index (χ1v) is 9.84. The number of carbonyl (C=O) groups is 2. The molecule has 0 aromatic heterocycles. The number of non-ortho nitro benzene ring substituents is 1. The highest BCUT2D eigenvalue weighted by Gasteiger charge is 2.60. The molecule has 160 valence electrons. The van der Waals surface area contributed by atoms with Gasteiger partial charge in [0.05, 0.1) is 22.3 Å².